The van der Waals surface area contributed by atoms with E-state index in [1.165, 1.54) is 35.1 Å². The number of carbonyl (C=O) groups excluding carboxylic acids is 3. The summed E-state index contributed by atoms with van der Waals surface area (Å²) in [7, 11) is 1.29. The van der Waals surface area contributed by atoms with E-state index in [0.717, 1.165) is 18.4 Å². The van der Waals surface area contributed by atoms with Gasteiger partial charge in [0, 0.05) is 11.3 Å². The van der Waals surface area contributed by atoms with Crippen molar-refractivity contribution in [3.05, 3.63) is 107 Å². The third-order valence-electron chi connectivity index (χ3n) is 6.79. The Morgan fingerprint density at radius 2 is 1.67 bits per heavy atom. The fourth-order valence-corrected chi connectivity index (χ4v) is 6.36. The highest BCUT2D eigenvalue weighted by atomic mass is 32.2. The number of hydrogen-bond acceptors (Lipinski definition) is 10. The second-order valence-corrected chi connectivity index (χ2v) is 11.8. The van der Waals surface area contributed by atoms with Gasteiger partial charge in [-0.1, -0.05) is 78.9 Å². The van der Waals surface area contributed by atoms with Crippen LogP contribution in [0.15, 0.2) is 88.8 Å². The predicted octanol–water partition coefficient (Wildman–Crippen LogP) is 6.42. The molecule has 1 atom stereocenters. The van der Waals surface area contributed by atoms with E-state index in [-0.39, 0.29) is 16.5 Å². The molecule has 1 aliphatic heterocycles. The van der Waals surface area contributed by atoms with E-state index in [1.807, 2.05) is 30.3 Å². The van der Waals surface area contributed by atoms with Crippen molar-refractivity contribution in [1.29, 1.82) is 0 Å². The summed E-state index contributed by atoms with van der Waals surface area (Å²) in [5, 5.41) is 20.2. The molecule has 9 nitrogen and oxygen atoms in total. The third-order valence-corrected chi connectivity index (χ3v) is 8.92. The van der Waals surface area contributed by atoms with Gasteiger partial charge in [-0.25, -0.2) is 4.79 Å². The molecule has 11 heteroatoms. The van der Waals surface area contributed by atoms with Crippen LogP contribution in [0.1, 0.15) is 52.9 Å². The average molecular weight is 616 g/mol. The smallest absolute Gasteiger partial charge is 0.337 e. The number of Topliss-reactive ketones (excluding diaryl/α,β-unsaturated/α-hetero) is 1. The van der Waals surface area contributed by atoms with E-state index < -0.39 is 23.7 Å². The zero-order chi connectivity index (χ0) is 30.3. The molecule has 0 aliphatic carbocycles. The van der Waals surface area contributed by atoms with Gasteiger partial charge in [0.05, 0.1) is 30.9 Å². The molecule has 0 bridgehead atoms. The maximum absolute atomic E-state index is 13.5. The number of thioether (sulfide) groups is 1. The Morgan fingerprint density at radius 3 is 2.35 bits per heavy atom. The Bertz CT molecular complexity index is 1640. The maximum Gasteiger partial charge on any atom is 0.337 e. The summed E-state index contributed by atoms with van der Waals surface area (Å²) in [6.45, 7) is 2.65. The lowest BCUT2D eigenvalue weighted by Crippen LogP contribution is -2.29. The summed E-state index contributed by atoms with van der Waals surface area (Å²) >= 11 is 2.65. The van der Waals surface area contributed by atoms with Crippen molar-refractivity contribution in [2.45, 2.75) is 35.9 Å². The van der Waals surface area contributed by atoms with Crippen LogP contribution in [-0.2, 0) is 20.1 Å². The number of nitrogens with zero attached hydrogens (tertiary/aromatic N) is 3. The topological polar surface area (TPSA) is 119 Å². The highest BCUT2D eigenvalue weighted by Gasteiger charge is 2.48. The minimum Gasteiger partial charge on any atom is -0.507 e. The summed E-state index contributed by atoms with van der Waals surface area (Å²) in [5.74, 6) is -1.24. The summed E-state index contributed by atoms with van der Waals surface area (Å²) in [4.78, 5) is 40.3. The van der Waals surface area contributed by atoms with Crippen molar-refractivity contribution in [2.75, 3.05) is 18.6 Å². The molecular formula is C32H29N3O6S2. The number of aliphatic hydroxyl groups excluding tert-OH is 1. The van der Waals surface area contributed by atoms with Crippen LogP contribution < -0.4 is 9.64 Å². The molecule has 5 rings (SSSR count). The molecule has 1 aromatic heterocycles. The number of methoxy groups -OCH3 is 1. The molecule has 1 N–H and O–H groups in total. The first-order chi connectivity index (χ1) is 20.9. The molecule has 0 radical (unpaired) electrons. The fraction of sp³-hybridized carbons (Fsp3) is 0.219. The second kappa shape index (κ2) is 13.7. The number of unbranched alkanes of at least 4 members (excludes halogenated alkanes) is 1. The van der Waals surface area contributed by atoms with Crippen molar-refractivity contribution in [3.8, 4) is 5.75 Å². The lowest BCUT2D eigenvalue weighted by atomic mass is 9.94. The molecule has 43 heavy (non-hydrogen) atoms. The Labute approximate surface area is 257 Å². The Hall–Kier alpha value is -4.48. The van der Waals surface area contributed by atoms with Gasteiger partial charge >= 0.3 is 11.9 Å². The van der Waals surface area contributed by atoms with Crippen LogP contribution in [0.5, 0.6) is 5.75 Å². The third kappa shape index (κ3) is 6.63. The van der Waals surface area contributed by atoms with Gasteiger partial charge in [0.2, 0.25) is 5.13 Å². The summed E-state index contributed by atoms with van der Waals surface area (Å²) < 4.78 is 11.1. The minimum absolute atomic E-state index is 0.0934. The van der Waals surface area contributed by atoms with Gasteiger partial charge in [0.15, 0.2) is 4.34 Å². The number of anilines is 1. The largest absolute Gasteiger partial charge is 0.507 e. The number of carbonyl (C=O) groups is 3. The number of aliphatic hydroxyl groups is 1. The Kier molecular flexibility index (Phi) is 9.53. The molecule has 2 heterocycles. The molecule has 0 unspecified atom stereocenters. The van der Waals surface area contributed by atoms with Gasteiger partial charge in [0.25, 0.3) is 5.78 Å². The van der Waals surface area contributed by atoms with Gasteiger partial charge in [-0.05, 0) is 53.9 Å². The first-order valence-corrected chi connectivity index (χ1v) is 15.4. The van der Waals surface area contributed by atoms with Gasteiger partial charge in [0.1, 0.15) is 11.5 Å². The van der Waals surface area contributed by atoms with E-state index in [1.54, 1.807) is 48.5 Å². The van der Waals surface area contributed by atoms with Crippen LogP contribution in [0.4, 0.5) is 5.13 Å². The fourth-order valence-electron chi connectivity index (χ4n) is 4.54. The number of rotatable bonds is 11. The summed E-state index contributed by atoms with van der Waals surface area (Å²) in [5.41, 5.74) is 2.17. The average Bonchev–Trinajstić information content (AvgIpc) is 3.62. The first-order valence-electron chi connectivity index (χ1n) is 13.6. The molecule has 4 aromatic rings. The molecule has 1 saturated heterocycles. The van der Waals surface area contributed by atoms with Crippen LogP contribution >= 0.6 is 23.1 Å². The standard InChI is InChI=1S/C32H29N3O6S2/c1-3-4-18-41-24-16-14-22(15-17-24)27(36)25-26(21-10-12-23(13-11-21)30(39)40-2)35(29(38)28(25)37)31-33-34-32(43-31)42-19-20-8-6-5-7-9-20/h5-17,26,36H,3-4,18-19H2,1-2H3/t26-/m0/s1. The summed E-state index contributed by atoms with van der Waals surface area (Å²) in [6, 6.07) is 21.9. The van der Waals surface area contributed by atoms with Gasteiger partial charge < -0.3 is 14.6 Å². The number of benzene rings is 3. The Balaban J connectivity index is 1.51. The normalized spacial score (nSPS) is 16.0. The molecule has 3 aromatic carbocycles. The quantitative estimate of drug-likeness (QED) is 0.0388. The van der Waals surface area contributed by atoms with Crippen molar-refractivity contribution in [2.24, 2.45) is 0 Å². The molecule has 0 spiro atoms. The van der Waals surface area contributed by atoms with Crippen molar-refractivity contribution in [3.63, 3.8) is 0 Å². The molecule has 220 valence electrons. The number of hydrogen-bond donors (Lipinski definition) is 1. The molecule has 1 fully saturated rings. The number of esters is 1. The predicted molar refractivity (Wildman–Crippen MR) is 165 cm³/mol. The lowest BCUT2D eigenvalue weighted by Gasteiger charge is -2.22. The van der Waals surface area contributed by atoms with Crippen LogP contribution in [-0.4, -0.2) is 46.7 Å². The second-order valence-electron chi connectivity index (χ2n) is 9.63. The van der Waals surface area contributed by atoms with Crippen molar-refractivity contribution in [1.82, 2.24) is 10.2 Å². The molecule has 1 aliphatic rings. The molecule has 1 amide bonds. The van der Waals surface area contributed by atoms with E-state index in [9.17, 15) is 19.5 Å². The summed E-state index contributed by atoms with van der Waals surface area (Å²) in [6.07, 6.45) is 1.92. The SMILES string of the molecule is CCCCOc1ccc(C(O)=C2C(=O)C(=O)N(c3nnc(SCc4ccccc4)s3)[C@H]2c2ccc(C(=O)OC)cc2)cc1. The number of aromatic nitrogens is 2. The zero-order valence-electron chi connectivity index (χ0n) is 23.6. The van der Waals surface area contributed by atoms with Crippen LogP contribution in [0.2, 0.25) is 0 Å². The van der Waals surface area contributed by atoms with E-state index in [0.29, 0.717) is 39.1 Å². The van der Waals surface area contributed by atoms with E-state index in [2.05, 4.69) is 17.1 Å². The van der Waals surface area contributed by atoms with Crippen molar-refractivity contribution < 1.29 is 29.0 Å². The number of ketones is 1. The van der Waals surface area contributed by atoms with E-state index in [4.69, 9.17) is 9.47 Å². The minimum atomic E-state index is -1.01. The van der Waals surface area contributed by atoms with Crippen LogP contribution in [0.3, 0.4) is 0 Å². The lowest BCUT2D eigenvalue weighted by molar-refractivity contribution is -0.132. The number of amides is 1. The molecular weight excluding hydrogens is 587 g/mol. The highest BCUT2D eigenvalue weighted by molar-refractivity contribution is 8.00. The zero-order valence-corrected chi connectivity index (χ0v) is 25.2. The Morgan fingerprint density at radius 1 is 0.977 bits per heavy atom. The van der Waals surface area contributed by atoms with Gasteiger partial charge in [-0.15, -0.1) is 10.2 Å². The van der Waals surface area contributed by atoms with Gasteiger partial charge in [-0.2, -0.15) is 0 Å². The van der Waals surface area contributed by atoms with Crippen LogP contribution in [0, 0.1) is 0 Å². The first kappa shape index (κ1) is 30.0. The molecule has 0 saturated carbocycles. The van der Waals surface area contributed by atoms with Gasteiger partial charge in [-0.3, -0.25) is 14.5 Å². The number of ether oxygens (including phenoxy) is 2. The van der Waals surface area contributed by atoms with Crippen LogP contribution in [0.25, 0.3) is 5.76 Å². The van der Waals surface area contributed by atoms with E-state index >= 15 is 0 Å². The monoisotopic (exact) mass is 615 g/mol. The maximum atomic E-state index is 13.5. The highest BCUT2D eigenvalue weighted by Crippen LogP contribution is 2.44. The van der Waals surface area contributed by atoms with Crippen molar-refractivity contribution >= 4 is 51.6 Å².